The number of aromatic nitrogens is 1. The molecule has 0 bridgehead atoms. The summed E-state index contributed by atoms with van der Waals surface area (Å²) >= 11 is 5.12. The second-order valence-electron chi connectivity index (χ2n) is 5.86. The van der Waals surface area contributed by atoms with Crippen LogP contribution in [-0.4, -0.2) is 28.0 Å². The molecule has 1 aromatic heterocycles. The van der Waals surface area contributed by atoms with E-state index < -0.39 is 0 Å². The molecule has 3 rings (SSSR count). The summed E-state index contributed by atoms with van der Waals surface area (Å²) in [7, 11) is 0. The Morgan fingerprint density at radius 2 is 2.24 bits per heavy atom. The fraction of sp³-hybridized carbons (Fsp3) is 0.533. The number of thiocarbonyl (C=S) groups is 1. The summed E-state index contributed by atoms with van der Waals surface area (Å²) in [5, 5.41) is 6.15. The molecule has 2 aliphatic rings. The van der Waals surface area contributed by atoms with Crippen LogP contribution in [0.1, 0.15) is 43.0 Å². The molecular weight excluding hydrogens is 284 g/mol. The minimum Gasteiger partial charge on any atom is -0.389 e. The van der Waals surface area contributed by atoms with Crippen LogP contribution in [0, 0.1) is 0 Å². The van der Waals surface area contributed by atoms with Crippen LogP contribution < -0.4 is 16.4 Å². The van der Waals surface area contributed by atoms with Gasteiger partial charge in [0.15, 0.2) is 0 Å². The first-order valence-corrected chi connectivity index (χ1v) is 7.85. The van der Waals surface area contributed by atoms with Gasteiger partial charge in [0.1, 0.15) is 16.8 Å². The molecule has 0 radical (unpaired) electrons. The van der Waals surface area contributed by atoms with E-state index in [1.165, 1.54) is 5.56 Å². The molecule has 112 valence electrons. The maximum atomic E-state index is 12.0. The van der Waals surface area contributed by atoms with Crippen molar-refractivity contribution in [2.24, 2.45) is 5.73 Å². The van der Waals surface area contributed by atoms with Crippen LogP contribution in [0.25, 0.3) is 0 Å². The lowest BCUT2D eigenvalue weighted by Gasteiger charge is -2.18. The van der Waals surface area contributed by atoms with Crippen LogP contribution in [0.4, 0.5) is 5.82 Å². The lowest BCUT2D eigenvalue weighted by Crippen LogP contribution is -2.39. The zero-order valence-corrected chi connectivity index (χ0v) is 12.9. The number of nitrogens with one attached hydrogen (secondary N) is 2. The molecule has 21 heavy (non-hydrogen) atoms. The molecule has 1 saturated carbocycles. The van der Waals surface area contributed by atoms with Gasteiger partial charge in [-0.3, -0.25) is 4.79 Å². The number of amides is 1. The number of pyridine rings is 1. The summed E-state index contributed by atoms with van der Waals surface area (Å²) in [6, 6.07) is 2.02. The Morgan fingerprint density at radius 1 is 1.48 bits per heavy atom. The quantitative estimate of drug-likeness (QED) is 0.714. The monoisotopic (exact) mass is 304 g/mol. The number of anilines is 1. The van der Waals surface area contributed by atoms with Crippen LogP contribution in [0.5, 0.6) is 0 Å². The molecular formula is C15H20N4OS. The highest BCUT2D eigenvalue weighted by molar-refractivity contribution is 7.80. The molecule has 5 nitrogen and oxygen atoms in total. The molecule has 6 heteroatoms. The first kappa shape index (κ1) is 14.3. The summed E-state index contributed by atoms with van der Waals surface area (Å²) < 4.78 is 0. The predicted octanol–water partition coefficient (Wildman–Crippen LogP) is 1.28. The summed E-state index contributed by atoms with van der Waals surface area (Å²) in [6.07, 6.45) is 5.27. The Morgan fingerprint density at radius 3 is 2.90 bits per heavy atom. The first-order valence-electron chi connectivity index (χ1n) is 7.44. The number of nitrogens with two attached hydrogens (primary N) is 1. The Balaban J connectivity index is 1.79. The molecule has 4 N–H and O–H groups in total. The molecule has 0 saturated heterocycles. The number of carbonyl (C=O) groups is 1. The van der Waals surface area contributed by atoms with Gasteiger partial charge < -0.3 is 16.4 Å². The largest absolute Gasteiger partial charge is 0.389 e. The number of hydrogen-bond donors (Lipinski definition) is 3. The molecule has 0 aromatic carbocycles. The van der Waals surface area contributed by atoms with Crippen molar-refractivity contribution in [2.45, 2.75) is 51.1 Å². The fourth-order valence-electron chi connectivity index (χ4n) is 2.59. The predicted molar refractivity (Wildman–Crippen MR) is 86.4 cm³/mol. The average molecular weight is 304 g/mol. The standard InChI is InChI=1S/C15H20N4OS/c1-8(15(20)18-10-5-6-10)17-14-11(13(16)21)7-9-3-2-4-12(9)19-14/h7-8,10H,2-6H2,1H3,(H2,16,21)(H,17,19)(H,18,20). The molecule has 1 unspecified atom stereocenters. The van der Waals surface area contributed by atoms with Gasteiger partial charge in [-0.05, 0) is 50.7 Å². The van der Waals surface area contributed by atoms with Gasteiger partial charge in [-0.1, -0.05) is 12.2 Å². The minimum atomic E-state index is -0.356. The van der Waals surface area contributed by atoms with Gasteiger partial charge in [-0.2, -0.15) is 0 Å². The summed E-state index contributed by atoms with van der Waals surface area (Å²) in [4.78, 5) is 17.0. The van der Waals surface area contributed by atoms with Crippen LogP contribution >= 0.6 is 12.2 Å². The maximum Gasteiger partial charge on any atom is 0.242 e. The summed E-state index contributed by atoms with van der Waals surface area (Å²) in [5.74, 6) is 0.621. The first-order chi connectivity index (χ1) is 10.0. The van der Waals surface area contributed by atoms with Gasteiger partial charge in [-0.25, -0.2) is 4.98 Å². The van der Waals surface area contributed by atoms with E-state index in [4.69, 9.17) is 18.0 Å². The van der Waals surface area contributed by atoms with Gasteiger partial charge in [0.05, 0.1) is 5.56 Å². The lowest BCUT2D eigenvalue weighted by molar-refractivity contribution is -0.121. The van der Waals surface area contributed by atoms with Crippen molar-refractivity contribution in [1.82, 2.24) is 10.3 Å². The molecule has 1 aromatic rings. The number of hydrogen-bond acceptors (Lipinski definition) is 4. The summed E-state index contributed by atoms with van der Waals surface area (Å²) in [5.41, 5.74) is 8.85. The lowest BCUT2D eigenvalue weighted by atomic mass is 10.1. The zero-order chi connectivity index (χ0) is 15.0. The molecule has 2 aliphatic carbocycles. The highest BCUT2D eigenvalue weighted by Crippen LogP contribution is 2.26. The number of rotatable bonds is 5. The topological polar surface area (TPSA) is 80.0 Å². The van der Waals surface area contributed by atoms with Gasteiger partial charge in [0, 0.05) is 11.7 Å². The second-order valence-corrected chi connectivity index (χ2v) is 6.30. The van der Waals surface area contributed by atoms with Crippen LogP contribution in [0.3, 0.4) is 0 Å². The van der Waals surface area contributed by atoms with Gasteiger partial charge in [0.25, 0.3) is 0 Å². The number of aryl methyl sites for hydroxylation is 2. The number of fused-ring (bicyclic) bond motifs is 1. The maximum absolute atomic E-state index is 12.0. The Bertz CT molecular complexity index is 598. The molecule has 1 atom stereocenters. The molecule has 1 fully saturated rings. The fourth-order valence-corrected chi connectivity index (χ4v) is 2.75. The average Bonchev–Trinajstić information content (AvgIpc) is 3.13. The van der Waals surface area contributed by atoms with E-state index in [1.807, 2.05) is 13.0 Å². The van der Waals surface area contributed by atoms with E-state index in [1.54, 1.807) is 0 Å². The van der Waals surface area contributed by atoms with Crippen molar-refractivity contribution < 1.29 is 4.79 Å². The van der Waals surface area contributed by atoms with Crippen molar-refractivity contribution in [3.05, 3.63) is 22.9 Å². The summed E-state index contributed by atoms with van der Waals surface area (Å²) in [6.45, 7) is 1.83. The zero-order valence-electron chi connectivity index (χ0n) is 12.1. The van der Waals surface area contributed by atoms with Crippen LogP contribution in [0.2, 0.25) is 0 Å². The van der Waals surface area contributed by atoms with Gasteiger partial charge >= 0.3 is 0 Å². The van der Waals surface area contributed by atoms with E-state index in [0.29, 0.717) is 16.8 Å². The van der Waals surface area contributed by atoms with Gasteiger partial charge in [-0.15, -0.1) is 0 Å². The third-order valence-corrected chi connectivity index (χ3v) is 4.21. The van der Waals surface area contributed by atoms with E-state index in [9.17, 15) is 4.79 Å². The SMILES string of the molecule is CC(Nc1nc2c(cc1C(N)=S)CCC2)C(=O)NC1CC1. The van der Waals surface area contributed by atoms with E-state index in [-0.39, 0.29) is 11.9 Å². The second kappa shape index (κ2) is 5.60. The van der Waals surface area contributed by atoms with E-state index >= 15 is 0 Å². The van der Waals surface area contributed by atoms with Crippen LogP contribution in [0.15, 0.2) is 6.07 Å². The molecule has 0 spiro atoms. The normalized spacial score (nSPS) is 18.0. The Kier molecular flexibility index (Phi) is 3.80. The van der Waals surface area contributed by atoms with Crippen molar-refractivity contribution >= 4 is 28.9 Å². The number of carbonyl (C=O) groups excluding carboxylic acids is 1. The van der Waals surface area contributed by atoms with Crippen molar-refractivity contribution in [3.63, 3.8) is 0 Å². The van der Waals surface area contributed by atoms with Crippen LogP contribution in [-0.2, 0) is 17.6 Å². The van der Waals surface area contributed by atoms with E-state index in [0.717, 1.165) is 43.4 Å². The highest BCUT2D eigenvalue weighted by Gasteiger charge is 2.26. The smallest absolute Gasteiger partial charge is 0.242 e. The van der Waals surface area contributed by atoms with Crippen molar-refractivity contribution in [3.8, 4) is 0 Å². The third kappa shape index (κ3) is 3.15. The van der Waals surface area contributed by atoms with Crippen molar-refractivity contribution in [1.29, 1.82) is 0 Å². The molecule has 1 heterocycles. The van der Waals surface area contributed by atoms with Crippen molar-refractivity contribution in [2.75, 3.05) is 5.32 Å². The van der Waals surface area contributed by atoms with Gasteiger partial charge in [0.2, 0.25) is 5.91 Å². The Labute approximate surface area is 129 Å². The minimum absolute atomic E-state index is 0.00584. The van der Waals surface area contributed by atoms with E-state index in [2.05, 4.69) is 15.6 Å². The number of nitrogens with zero attached hydrogens (tertiary/aromatic N) is 1. The Hall–Kier alpha value is -1.69. The third-order valence-electron chi connectivity index (χ3n) is 3.99. The highest BCUT2D eigenvalue weighted by atomic mass is 32.1. The molecule has 1 amide bonds. The molecule has 0 aliphatic heterocycles.